The number of anilines is 1. The molecule has 0 atom stereocenters. The van der Waals surface area contributed by atoms with Gasteiger partial charge in [-0.15, -0.1) is 0 Å². The van der Waals surface area contributed by atoms with Crippen LogP contribution in [0.15, 0.2) is 42.6 Å². The highest BCUT2D eigenvalue weighted by molar-refractivity contribution is 5.84. The molecule has 20 heavy (non-hydrogen) atoms. The molecule has 0 N–H and O–H groups in total. The van der Waals surface area contributed by atoms with Crippen molar-refractivity contribution in [3.8, 4) is 0 Å². The smallest absolute Gasteiger partial charge is 0.196 e. The lowest BCUT2D eigenvalue weighted by Crippen LogP contribution is -2.08. The van der Waals surface area contributed by atoms with Crippen molar-refractivity contribution in [3.63, 3.8) is 0 Å². The van der Waals surface area contributed by atoms with Crippen molar-refractivity contribution in [2.75, 3.05) is 19.0 Å². The van der Waals surface area contributed by atoms with Crippen LogP contribution in [0.4, 0.5) is 5.69 Å². The Morgan fingerprint density at radius 3 is 2.35 bits per heavy atom. The van der Waals surface area contributed by atoms with Crippen LogP contribution in [-0.4, -0.2) is 19.1 Å². The van der Waals surface area contributed by atoms with Crippen LogP contribution < -0.4 is 4.90 Å². The predicted molar refractivity (Wildman–Crippen MR) is 84.2 cm³/mol. The van der Waals surface area contributed by atoms with E-state index in [0.29, 0.717) is 5.70 Å². The second-order valence-electron chi connectivity index (χ2n) is 4.84. The van der Waals surface area contributed by atoms with Crippen molar-refractivity contribution in [2.24, 2.45) is 0 Å². The summed E-state index contributed by atoms with van der Waals surface area (Å²) >= 11 is 0. The van der Waals surface area contributed by atoms with Gasteiger partial charge in [0.1, 0.15) is 0 Å². The fourth-order valence-electron chi connectivity index (χ4n) is 1.79. The molecule has 0 saturated carbocycles. The van der Waals surface area contributed by atoms with Crippen LogP contribution in [0.5, 0.6) is 0 Å². The van der Waals surface area contributed by atoms with E-state index in [9.17, 15) is 0 Å². The zero-order chi connectivity index (χ0) is 14.5. The molecule has 3 nitrogen and oxygen atoms in total. The highest BCUT2D eigenvalue weighted by Gasteiger charge is 2.02. The molecule has 0 radical (unpaired) electrons. The molecule has 3 heteroatoms. The number of aromatic nitrogens is 1. The van der Waals surface area contributed by atoms with Gasteiger partial charge in [-0.2, -0.15) is 0 Å². The summed E-state index contributed by atoms with van der Waals surface area (Å²) in [7, 11) is 3.95. The number of aryl methyl sites for hydroxylation is 1. The van der Waals surface area contributed by atoms with Gasteiger partial charge in [-0.25, -0.2) is 4.85 Å². The molecule has 0 spiro atoms. The van der Waals surface area contributed by atoms with E-state index in [0.717, 1.165) is 16.9 Å². The summed E-state index contributed by atoms with van der Waals surface area (Å²) in [5, 5.41) is 0. The van der Waals surface area contributed by atoms with Crippen LogP contribution in [-0.2, 0) is 0 Å². The molecule has 1 aromatic heterocycles. The molecular formula is C17H17N3. The van der Waals surface area contributed by atoms with Crippen molar-refractivity contribution < 1.29 is 0 Å². The first-order valence-electron chi connectivity index (χ1n) is 6.40. The van der Waals surface area contributed by atoms with Gasteiger partial charge in [-0.05, 0) is 30.7 Å². The third-order valence-electron chi connectivity index (χ3n) is 3.04. The molecule has 0 bridgehead atoms. The summed E-state index contributed by atoms with van der Waals surface area (Å²) < 4.78 is 0. The topological polar surface area (TPSA) is 20.5 Å². The second-order valence-corrected chi connectivity index (χ2v) is 4.84. The zero-order valence-corrected chi connectivity index (χ0v) is 12.0. The maximum absolute atomic E-state index is 7.33. The molecule has 0 aliphatic rings. The van der Waals surface area contributed by atoms with Gasteiger partial charge in [0.25, 0.3) is 0 Å². The van der Waals surface area contributed by atoms with E-state index in [2.05, 4.69) is 9.83 Å². The summed E-state index contributed by atoms with van der Waals surface area (Å²) in [6, 6.07) is 11.9. The van der Waals surface area contributed by atoms with Gasteiger partial charge in [0, 0.05) is 14.1 Å². The predicted octanol–water partition coefficient (Wildman–Crippen LogP) is 3.87. The van der Waals surface area contributed by atoms with Crippen molar-refractivity contribution in [1.82, 2.24) is 4.98 Å². The molecule has 0 aliphatic heterocycles. The Kier molecular flexibility index (Phi) is 4.17. The minimum atomic E-state index is 0.607. The molecule has 2 rings (SSSR count). The van der Waals surface area contributed by atoms with Crippen LogP contribution in [0.1, 0.15) is 16.8 Å². The Hall–Kier alpha value is -2.60. The molecule has 1 heterocycles. The van der Waals surface area contributed by atoms with E-state index in [1.54, 1.807) is 0 Å². The lowest BCUT2D eigenvalue weighted by molar-refractivity contribution is 1.11. The second kappa shape index (κ2) is 6.03. The quantitative estimate of drug-likeness (QED) is 0.783. The lowest BCUT2D eigenvalue weighted by Gasteiger charge is -2.11. The number of pyridine rings is 1. The number of hydrogen-bond acceptors (Lipinski definition) is 2. The van der Waals surface area contributed by atoms with Crippen LogP contribution >= 0.6 is 0 Å². The first kappa shape index (κ1) is 13.8. The maximum Gasteiger partial charge on any atom is 0.196 e. The van der Waals surface area contributed by atoms with Crippen molar-refractivity contribution in [1.29, 1.82) is 0 Å². The molecule has 0 unspecified atom stereocenters. The molecule has 100 valence electrons. The highest BCUT2D eigenvalue weighted by atomic mass is 15.1. The van der Waals surface area contributed by atoms with Crippen LogP contribution in [0, 0.1) is 13.5 Å². The summed E-state index contributed by atoms with van der Waals surface area (Å²) in [6.45, 7) is 9.37. The van der Waals surface area contributed by atoms with Gasteiger partial charge in [0.2, 0.25) is 0 Å². The van der Waals surface area contributed by atoms with E-state index in [4.69, 9.17) is 6.57 Å². The Balaban J connectivity index is 2.31. The minimum absolute atomic E-state index is 0.607. The third kappa shape index (κ3) is 3.24. The molecule has 0 aliphatic carbocycles. The van der Waals surface area contributed by atoms with Gasteiger partial charge in [0.05, 0.1) is 24.2 Å². The van der Waals surface area contributed by atoms with Gasteiger partial charge < -0.3 is 4.90 Å². The average molecular weight is 263 g/mol. The average Bonchev–Trinajstić information content (AvgIpc) is 2.46. The summed E-state index contributed by atoms with van der Waals surface area (Å²) in [6.07, 6.45) is 3.62. The van der Waals surface area contributed by atoms with Crippen molar-refractivity contribution in [3.05, 3.63) is 70.8 Å². The van der Waals surface area contributed by atoms with E-state index in [-0.39, 0.29) is 0 Å². The van der Waals surface area contributed by atoms with Crippen molar-refractivity contribution in [2.45, 2.75) is 6.92 Å². The Morgan fingerprint density at radius 2 is 1.85 bits per heavy atom. The summed E-state index contributed by atoms with van der Waals surface area (Å²) in [4.78, 5) is 9.97. The van der Waals surface area contributed by atoms with Crippen LogP contribution in [0.3, 0.4) is 0 Å². The van der Waals surface area contributed by atoms with Gasteiger partial charge in [-0.1, -0.05) is 29.8 Å². The molecule has 1 aromatic carbocycles. The minimum Gasteiger partial charge on any atom is -0.376 e. The van der Waals surface area contributed by atoms with Gasteiger partial charge in [-0.3, -0.25) is 4.98 Å². The fraction of sp³-hybridized carbons (Fsp3) is 0.176. The molecule has 0 fully saturated rings. The lowest BCUT2D eigenvalue weighted by atomic mass is 10.1. The number of benzene rings is 1. The third-order valence-corrected chi connectivity index (χ3v) is 3.04. The molecule has 0 amide bonds. The fourth-order valence-corrected chi connectivity index (χ4v) is 1.79. The number of nitrogens with zero attached hydrogens (tertiary/aromatic N) is 3. The van der Waals surface area contributed by atoms with Crippen LogP contribution in [0.2, 0.25) is 0 Å². The van der Waals surface area contributed by atoms with E-state index < -0.39 is 0 Å². The normalized spacial score (nSPS) is 11.0. The SMILES string of the molecule is [C-]#[N+]/C(=C\c1ccc(N(C)C)cn1)c1ccc(C)cc1. The van der Waals surface area contributed by atoms with E-state index >= 15 is 0 Å². The largest absolute Gasteiger partial charge is 0.376 e. The highest BCUT2D eigenvalue weighted by Crippen LogP contribution is 2.20. The molecule has 0 saturated heterocycles. The standard InChI is InChI=1S/C17H17N3/c1-13-5-7-14(8-6-13)17(18-2)11-15-9-10-16(12-19-15)20(3)4/h5-12H,1,3-4H3/b17-11-. The molecular weight excluding hydrogens is 246 g/mol. The Bertz CT molecular complexity index is 644. The van der Waals surface area contributed by atoms with Gasteiger partial charge in [0.15, 0.2) is 5.70 Å². The Labute approximate surface area is 120 Å². The van der Waals surface area contributed by atoms with E-state index in [1.807, 2.05) is 74.6 Å². The number of hydrogen-bond donors (Lipinski definition) is 0. The summed E-state index contributed by atoms with van der Waals surface area (Å²) in [5.41, 5.74) is 4.55. The zero-order valence-electron chi connectivity index (χ0n) is 12.0. The van der Waals surface area contributed by atoms with E-state index in [1.165, 1.54) is 5.56 Å². The first-order chi connectivity index (χ1) is 9.60. The molecule has 2 aromatic rings. The van der Waals surface area contributed by atoms with Gasteiger partial charge >= 0.3 is 0 Å². The summed E-state index contributed by atoms with van der Waals surface area (Å²) in [5.74, 6) is 0. The maximum atomic E-state index is 7.33. The number of rotatable bonds is 3. The monoisotopic (exact) mass is 263 g/mol. The first-order valence-corrected chi connectivity index (χ1v) is 6.40. The van der Waals surface area contributed by atoms with Crippen LogP contribution in [0.25, 0.3) is 16.6 Å². The van der Waals surface area contributed by atoms with Crippen molar-refractivity contribution >= 4 is 17.5 Å². The Morgan fingerprint density at radius 1 is 1.15 bits per heavy atom.